The molecule has 0 aliphatic heterocycles. The fourth-order valence-electron chi connectivity index (χ4n) is 2.86. The topological polar surface area (TPSA) is 35.5 Å². The average Bonchev–Trinajstić information content (AvgIpc) is 3.00. The highest BCUT2D eigenvalue weighted by Crippen LogP contribution is 2.34. The molecule has 0 N–H and O–H groups in total. The summed E-state index contributed by atoms with van der Waals surface area (Å²) in [6.07, 6.45) is -0.451. The molecule has 3 nitrogen and oxygen atoms in total. The van der Waals surface area contributed by atoms with Crippen LogP contribution in [0, 0.1) is 11.8 Å². The zero-order chi connectivity index (χ0) is 16.2. The van der Waals surface area contributed by atoms with E-state index in [2.05, 4.69) is 0 Å². The van der Waals surface area contributed by atoms with Crippen molar-refractivity contribution in [1.82, 2.24) is 0 Å². The first kappa shape index (κ1) is 16.6. The Kier molecular flexibility index (Phi) is 5.32. The van der Waals surface area contributed by atoms with Gasteiger partial charge in [-0.1, -0.05) is 18.9 Å². The van der Waals surface area contributed by atoms with Crippen LogP contribution in [-0.2, 0) is 15.7 Å². The third kappa shape index (κ3) is 4.15. The van der Waals surface area contributed by atoms with Crippen LogP contribution in [0.2, 0.25) is 0 Å². The molecule has 122 valence electrons. The van der Waals surface area contributed by atoms with E-state index in [4.69, 9.17) is 9.47 Å². The van der Waals surface area contributed by atoms with E-state index in [0.29, 0.717) is 0 Å². The van der Waals surface area contributed by atoms with Crippen molar-refractivity contribution in [3.05, 3.63) is 29.8 Å². The van der Waals surface area contributed by atoms with Crippen LogP contribution in [0.1, 0.15) is 31.2 Å². The van der Waals surface area contributed by atoms with Gasteiger partial charge >= 0.3 is 12.1 Å². The first-order valence-electron chi connectivity index (χ1n) is 7.29. The summed E-state index contributed by atoms with van der Waals surface area (Å²) in [5.74, 6) is -0.499. The number of hydrogen-bond donors (Lipinski definition) is 0. The maximum atomic E-state index is 12.7. The summed E-state index contributed by atoms with van der Waals surface area (Å²) in [7, 11) is 1.31. The molecule has 22 heavy (non-hydrogen) atoms. The average molecular weight is 316 g/mol. The first-order chi connectivity index (χ1) is 10.4. The minimum absolute atomic E-state index is 0.0403. The number of hydrogen-bond acceptors (Lipinski definition) is 3. The van der Waals surface area contributed by atoms with E-state index in [-0.39, 0.29) is 24.2 Å². The molecule has 0 bridgehead atoms. The highest BCUT2D eigenvalue weighted by molar-refractivity contribution is 5.72. The van der Waals surface area contributed by atoms with Crippen LogP contribution < -0.4 is 4.74 Å². The summed E-state index contributed by atoms with van der Waals surface area (Å²) >= 11 is 0. The fourth-order valence-corrected chi connectivity index (χ4v) is 2.86. The van der Waals surface area contributed by atoms with Crippen LogP contribution >= 0.6 is 0 Å². The Hall–Kier alpha value is -1.72. The van der Waals surface area contributed by atoms with Crippen molar-refractivity contribution in [2.24, 2.45) is 11.8 Å². The SMILES string of the molecule is COC(=O)C(COc1cccc(C(F)(F)F)c1)C1CCCC1. The smallest absolute Gasteiger partial charge is 0.416 e. The van der Waals surface area contributed by atoms with Gasteiger partial charge in [-0.15, -0.1) is 0 Å². The second-order valence-corrected chi connectivity index (χ2v) is 5.51. The van der Waals surface area contributed by atoms with Crippen LogP contribution in [-0.4, -0.2) is 19.7 Å². The second-order valence-electron chi connectivity index (χ2n) is 5.51. The Morgan fingerprint density at radius 3 is 2.59 bits per heavy atom. The highest BCUT2D eigenvalue weighted by atomic mass is 19.4. The molecular weight excluding hydrogens is 297 g/mol. The molecule has 1 fully saturated rings. The highest BCUT2D eigenvalue weighted by Gasteiger charge is 2.33. The summed E-state index contributed by atoms with van der Waals surface area (Å²) in [5.41, 5.74) is -0.763. The van der Waals surface area contributed by atoms with Crippen molar-refractivity contribution in [3.8, 4) is 5.75 Å². The summed E-state index contributed by atoms with van der Waals surface area (Å²) in [6.45, 7) is 0.0403. The lowest BCUT2D eigenvalue weighted by Gasteiger charge is -2.21. The van der Waals surface area contributed by atoms with Gasteiger partial charge < -0.3 is 9.47 Å². The molecule has 0 aromatic heterocycles. The van der Waals surface area contributed by atoms with Gasteiger partial charge in [-0.25, -0.2) is 0 Å². The van der Waals surface area contributed by atoms with Gasteiger partial charge in [0.25, 0.3) is 0 Å². The van der Waals surface area contributed by atoms with E-state index in [0.717, 1.165) is 37.8 Å². The number of alkyl halides is 3. The lowest BCUT2D eigenvalue weighted by Crippen LogP contribution is -2.29. The third-order valence-electron chi connectivity index (χ3n) is 4.06. The minimum atomic E-state index is -4.41. The zero-order valence-electron chi connectivity index (χ0n) is 12.4. The number of benzene rings is 1. The van der Waals surface area contributed by atoms with Crippen molar-refractivity contribution in [2.75, 3.05) is 13.7 Å². The Bertz CT molecular complexity index is 508. The molecule has 1 atom stereocenters. The molecule has 1 saturated carbocycles. The molecule has 0 saturated heterocycles. The second kappa shape index (κ2) is 7.03. The molecule has 1 aromatic carbocycles. The molecule has 1 unspecified atom stereocenters. The molecule has 1 aliphatic carbocycles. The number of esters is 1. The monoisotopic (exact) mass is 316 g/mol. The first-order valence-corrected chi connectivity index (χ1v) is 7.29. The van der Waals surface area contributed by atoms with Gasteiger partial charge in [0.05, 0.1) is 18.6 Å². The van der Waals surface area contributed by atoms with Gasteiger partial charge in [0, 0.05) is 0 Å². The van der Waals surface area contributed by atoms with Gasteiger partial charge in [0.15, 0.2) is 0 Å². The number of methoxy groups -OCH3 is 1. The molecular formula is C16H19F3O3. The van der Waals surface area contributed by atoms with Crippen molar-refractivity contribution < 1.29 is 27.4 Å². The summed E-state index contributed by atoms with van der Waals surface area (Å²) in [6, 6.07) is 4.68. The van der Waals surface area contributed by atoms with E-state index in [1.807, 2.05) is 0 Å². The molecule has 0 spiro atoms. The van der Waals surface area contributed by atoms with E-state index >= 15 is 0 Å². The van der Waals surface area contributed by atoms with Crippen molar-refractivity contribution >= 4 is 5.97 Å². The predicted octanol–water partition coefficient (Wildman–Crippen LogP) is 4.06. The van der Waals surface area contributed by atoms with E-state index in [1.165, 1.54) is 19.2 Å². The molecule has 2 rings (SSSR count). The summed E-state index contributed by atoms with van der Waals surface area (Å²) in [4.78, 5) is 11.9. The van der Waals surface area contributed by atoms with Gasteiger partial charge in [-0.05, 0) is 37.0 Å². The van der Waals surface area contributed by atoms with Crippen LogP contribution in [0.5, 0.6) is 5.75 Å². The van der Waals surface area contributed by atoms with E-state index in [1.54, 1.807) is 0 Å². The number of halogens is 3. The van der Waals surface area contributed by atoms with Crippen molar-refractivity contribution in [3.63, 3.8) is 0 Å². The van der Waals surface area contributed by atoms with Crippen LogP contribution in [0.4, 0.5) is 13.2 Å². The molecule has 1 aromatic rings. The predicted molar refractivity (Wildman–Crippen MR) is 74.4 cm³/mol. The largest absolute Gasteiger partial charge is 0.493 e. The molecule has 6 heteroatoms. The normalized spacial score (nSPS) is 17.3. The van der Waals surface area contributed by atoms with Gasteiger partial charge in [-0.3, -0.25) is 4.79 Å². The minimum Gasteiger partial charge on any atom is -0.493 e. The number of carbonyl (C=O) groups is 1. The van der Waals surface area contributed by atoms with Crippen molar-refractivity contribution in [1.29, 1.82) is 0 Å². The summed E-state index contributed by atoms with van der Waals surface area (Å²) < 4.78 is 48.2. The van der Waals surface area contributed by atoms with Crippen LogP contribution in [0.15, 0.2) is 24.3 Å². The Balaban J connectivity index is 2.04. The van der Waals surface area contributed by atoms with Gasteiger partial charge in [0.2, 0.25) is 0 Å². The zero-order valence-corrected chi connectivity index (χ0v) is 12.4. The lowest BCUT2D eigenvalue weighted by atomic mass is 9.91. The fraction of sp³-hybridized carbons (Fsp3) is 0.562. The van der Waals surface area contributed by atoms with E-state index in [9.17, 15) is 18.0 Å². The number of rotatable bonds is 5. The Labute approximate surface area is 127 Å². The Morgan fingerprint density at radius 1 is 1.32 bits per heavy atom. The van der Waals surface area contributed by atoms with Crippen LogP contribution in [0.25, 0.3) is 0 Å². The molecule has 0 amide bonds. The number of ether oxygens (including phenoxy) is 2. The number of carbonyl (C=O) groups excluding carboxylic acids is 1. The molecule has 0 radical (unpaired) electrons. The van der Waals surface area contributed by atoms with Crippen molar-refractivity contribution in [2.45, 2.75) is 31.9 Å². The van der Waals surface area contributed by atoms with E-state index < -0.39 is 17.7 Å². The van der Waals surface area contributed by atoms with Gasteiger partial charge in [0.1, 0.15) is 12.4 Å². The molecule has 0 heterocycles. The lowest BCUT2D eigenvalue weighted by molar-refractivity contribution is -0.148. The van der Waals surface area contributed by atoms with Gasteiger partial charge in [-0.2, -0.15) is 13.2 Å². The van der Waals surface area contributed by atoms with Crippen LogP contribution in [0.3, 0.4) is 0 Å². The molecule has 1 aliphatic rings. The maximum Gasteiger partial charge on any atom is 0.416 e. The standard InChI is InChI=1S/C16H19F3O3/c1-21-15(20)14(11-5-2-3-6-11)10-22-13-8-4-7-12(9-13)16(17,18)19/h4,7-9,11,14H,2-3,5-6,10H2,1H3. The maximum absolute atomic E-state index is 12.7. The summed E-state index contributed by atoms with van der Waals surface area (Å²) in [5, 5.41) is 0. The quantitative estimate of drug-likeness (QED) is 0.768. The Morgan fingerprint density at radius 2 is 2.00 bits per heavy atom. The third-order valence-corrected chi connectivity index (χ3v) is 4.06.